The SMILES string of the molecule is N#Cc1c(F)c(F)c(Oc2c(C(=O)OC(CBr)CBr)cccc2-c2ccccc2)c(F)c1C#N. The van der Waals surface area contributed by atoms with Gasteiger partial charge >= 0.3 is 5.97 Å². The first-order valence-electron chi connectivity index (χ1n) is 9.57. The van der Waals surface area contributed by atoms with Crippen molar-refractivity contribution in [3.8, 4) is 34.8 Å². The molecule has 3 rings (SSSR count). The van der Waals surface area contributed by atoms with Crippen LogP contribution in [0.2, 0.25) is 0 Å². The number of benzene rings is 3. The molecule has 0 radical (unpaired) electrons. The van der Waals surface area contributed by atoms with Crippen LogP contribution in [-0.2, 0) is 4.74 Å². The largest absolute Gasteiger partial charge is 0.457 e. The number of ether oxygens (including phenoxy) is 2. The molecule has 0 heterocycles. The number of hydrogen-bond acceptors (Lipinski definition) is 5. The van der Waals surface area contributed by atoms with E-state index in [0.717, 1.165) is 0 Å². The standard InChI is InChI=1S/C24H13Br2F3N2O3/c25-9-14(10-26)33-24(32)16-8-4-7-15(13-5-2-1-3-6-13)22(16)34-23-20(28)18(12-31)17(11-30)19(27)21(23)29/h1-8,14H,9-10H2. The number of hydrogen-bond donors (Lipinski definition) is 0. The molecule has 0 bridgehead atoms. The van der Waals surface area contributed by atoms with Gasteiger partial charge in [-0.05, 0) is 11.6 Å². The Balaban J connectivity index is 2.25. The van der Waals surface area contributed by atoms with Crippen molar-refractivity contribution in [1.82, 2.24) is 0 Å². The summed E-state index contributed by atoms with van der Waals surface area (Å²) in [6.45, 7) is 0. The average molecular weight is 594 g/mol. The topological polar surface area (TPSA) is 83.1 Å². The molecule has 0 aliphatic heterocycles. The number of alkyl halides is 2. The van der Waals surface area contributed by atoms with Gasteiger partial charge in [0.25, 0.3) is 0 Å². The molecule has 3 aromatic carbocycles. The van der Waals surface area contributed by atoms with E-state index in [1.54, 1.807) is 30.3 Å². The molecule has 10 heteroatoms. The molecule has 0 saturated heterocycles. The zero-order valence-corrected chi connectivity index (χ0v) is 20.3. The lowest BCUT2D eigenvalue weighted by atomic mass is 10.0. The molecular formula is C24H13Br2F3N2O3. The lowest BCUT2D eigenvalue weighted by molar-refractivity contribution is 0.0395. The maximum atomic E-state index is 15.0. The van der Waals surface area contributed by atoms with Crippen LogP contribution in [0, 0.1) is 40.1 Å². The highest BCUT2D eigenvalue weighted by molar-refractivity contribution is 9.09. The van der Waals surface area contributed by atoms with Gasteiger partial charge in [-0.3, -0.25) is 0 Å². The van der Waals surface area contributed by atoms with Gasteiger partial charge in [-0.2, -0.15) is 14.9 Å². The summed E-state index contributed by atoms with van der Waals surface area (Å²) in [4.78, 5) is 12.9. The Labute approximate surface area is 209 Å². The zero-order chi connectivity index (χ0) is 24.8. The van der Waals surface area contributed by atoms with Crippen LogP contribution in [0.3, 0.4) is 0 Å². The molecule has 0 aliphatic carbocycles. The van der Waals surface area contributed by atoms with E-state index in [2.05, 4.69) is 31.9 Å². The van der Waals surface area contributed by atoms with Crippen LogP contribution in [-0.4, -0.2) is 22.7 Å². The predicted molar refractivity (Wildman–Crippen MR) is 124 cm³/mol. The maximum Gasteiger partial charge on any atom is 0.342 e. The Hall–Kier alpha value is -3.34. The smallest absolute Gasteiger partial charge is 0.342 e. The normalized spacial score (nSPS) is 10.5. The minimum Gasteiger partial charge on any atom is -0.457 e. The number of para-hydroxylation sites is 1. The highest BCUT2D eigenvalue weighted by Crippen LogP contribution is 2.40. The average Bonchev–Trinajstić information content (AvgIpc) is 2.87. The second-order valence-electron chi connectivity index (χ2n) is 6.73. The quantitative estimate of drug-likeness (QED) is 0.175. The van der Waals surface area contributed by atoms with E-state index < -0.39 is 46.4 Å². The Morgan fingerprint density at radius 1 is 0.853 bits per heavy atom. The van der Waals surface area contributed by atoms with Crippen molar-refractivity contribution in [2.45, 2.75) is 6.10 Å². The molecule has 0 aliphatic rings. The minimum atomic E-state index is -1.81. The maximum absolute atomic E-state index is 15.0. The van der Waals surface area contributed by atoms with Crippen LogP contribution in [0.15, 0.2) is 48.5 Å². The van der Waals surface area contributed by atoms with Gasteiger partial charge in [-0.15, -0.1) is 0 Å². The van der Waals surface area contributed by atoms with Crippen molar-refractivity contribution in [2.75, 3.05) is 10.7 Å². The van der Waals surface area contributed by atoms with Crippen LogP contribution in [0.25, 0.3) is 11.1 Å². The van der Waals surface area contributed by atoms with E-state index in [9.17, 15) is 23.2 Å². The number of carbonyl (C=O) groups excluding carboxylic acids is 1. The minimum absolute atomic E-state index is 0.185. The van der Waals surface area contributed by atoms with Gasteiger partial charge in [0.15, 0.2) is 11.6 Å². The summed E-state index contributed by atoms with van der Waals surface area (Å²) in [7, 11) is 0. The molecule has 0 fully saturated rings. The molecular weight excluding hydrogens is 581 g/mol. The van der Waals surface area contributed by atoms with Gasteiger partial charge in [-0.25, -0.2) is 13.6 Å². The number of rotatable bonds is 7. The molecule has 5 nitrogen and oxygen atoms in total. The monoisotopic (exact) mass is 592 g/mol. The summed E-state index contributed by atoms with van der Waals surface area (Å²) in [5.74, 6) is -7.55. The lowest BCUT2D eigenvalue weighted by Crippen LogP contribution is -2.21. The summed E-state index contributed by atoms with van der Waals surface area (Å²) in [5, 5.41) is 18.8. The Kier molecular flexibility index (Phi) is 8.32. The van der Waals surface area contributed by atoms with E-state index >= 15 is 0 Å². The highest BCUT2D eigenvalue weighted by atomic mass is 79.9. The molecule has 0 atom stereocenters. The molecule has 0 unspecified atom stereocenters. The number of nitriles is 2. The molecule has 34 heavy (non-hydrogen) atoms. The number of halogens is 5. The predicted octanol–water partition coefficient (Wildman–Crippen LogP) is 6.62. The summed E-state index contributed by atoms with van der Waals surface area (Å²) in [6, 6.07) is 15.5. The Morgan fingerprint density at radius 2 is 1.47 bits per heavy atom. The van der Waals surface area contributed by atoms with Crippen LogP contribution in [0.5, 0.6) is 11.5 Å². The number of esters is 1. The molecule has 0 spiro atoms. The third kappa shape index (κ3) is 4.93. The first-order chi connectivity index (χ1) is 16.4. The van der Waals surface area contributed by atoms with Crippen molar-refractivity contribution in [2.24, 2.45) is 0 Å². The van der Waals surface area contributed by atoms with Crippen LogP contribution in [0.1, 0.15) is 21.5 Å². The van der Waals surface area contributed by atoms with E-state index in [1.165, 1.54) is 30.3 Å². The van der Waals surface area contributed by atoms with Crippen molar-refractivity contribution < 1.29 is 27.4 Å². The van der Waals surface area contributed by atoms with Crippen LogP contribution in [0.4, 0.5) is 13.2 Å². The van der Waals surface area contributed by atoms with Gasteiger partial charge in [0.1, 0.15) is 40.7 Å². The van der Waals surface area contributed by atoms with Crippen LogP contribution < -0.4 is 4.74 Å². The number of carbonyl (C=O) groups is 1. The summed E-state index contributed by atoms with van der Waals surface area (Å²) < 4.78 is 55.1. The summed E-state index contributed by atoms with van der Waals surface area (Å²) in [6.07, 6.45) is -0.563. The zero-order valence-electron chi connectivity index (χ0n) is 17.1. The van der Waals surface area contributed by atoms with Gasteiger partial charge in [-0.1, -0.05) is 74.3 Å². The highest BCUT2D eigenvalue weighted by Gasteiger charge is 2.29. The van der Waals surface area contributed by atoms with Crippen LogP contribution >= 0.6 is 31.9 Å². The van der Waals surface area contributed by atoms with Gasteiger partial charge < -0.3 is 9.47 Å². The molecule has 0 N–H and O–H groups in total. The van der Waals surface area contributed by atoms with Crippen molar-refractivity contribution in [3.63, 3.8) is 0 Å². The molecule has 172 valence electrons. The molecule has 3 aromatic rings. The summed E-state index contributed by atoms with van der Waals surface area (Å²) >= 11 is 6.44. The Morgan fingerprint density at radius 3 is 2.06 bits per heavy atom. The van der Waals surface area contributed by atoms with E-state index in [1.807, 2.05) is 0 Å². The second kappa shape index (κ2) is 11.2. The molecule has 0 amide bonds. The fourth-order valence-corrected chi connectivity index (χ4v) is 4.35. The fraction of sp³-hybridized carbons (Fsp3) is 0.125. The number of nitrogens with zero attached hydrogens (tertiary/aromatic N) is 2. The van der Waals surface area contributed by atoms with E-state index in [0.29, 0.717) is 16.2 Å². The Bertz CT molecular complexity index is 1320. The van der Waals surface area contributed by atoms with Gasteiger partial charge in [0.2, 0.25) is 11.6 Å². The van der Waals surface area contributed by atoms with Crippen molar-refractivity contribution >= 4 is 37.8 Å². The molecule has 0 aromatic heterocycles. The van der Waals surface area contributed by atoms with E-state index in [4.69, 9.17) is 14.7 Å². The van der Waals surface area contributed by atoms with Gasteiger partial charge in [0, 0.05) is 16.2 Å². The van der Waals surface area contributed by atoms with E-state index in [-0.39, 0.29) is 16.9 Å². The third-order valence-corrected chi connectivity index (χ3v) is 6.09. The van der Waals surface area contributed by atoms with Gasteiger partial charge in [0.05, 0.1) is 0 Å². The fourth-order valence-electron chi connectivity index (χ4n) is 3.01. The first-order valence-corrected chi connectivity index (χ1v) is 11.8. The summed E-state index contributed by atoms with van der Waals surface area (Å²) in [5.41, 5.74) is -1.50. The lowest BCUT2D eigenvalue weighted by Gasteiger charge is -2.19. The van der Waals surface area contributed by atoms with Crippen molar-refractivity contribution in [1.29, 1.82) is 10.5 Å². The molecule has 0 saturated carbocycles. The first kappa shape index (κ1) is 25.3. The third-order valence-electron chi connectivity index (χ3n) is 4.65. The second-order valence-corrected chi connectivity index (χ2v) is 8.03. The van der Waals surface area contributed by atoms with Crippen molar-refractivity contribution in [3.05, 3.63) is 82.7 Å².